The smallest absolute Gasteiger partial charge is 0.258 e. The van der Waals surface area contributed by atoms with Crippen LogP contribution < -0.4 is 5.56 Å². The molecule has 3 aromatic rings. The van der Waals surface area contributed by atoms with Gasteiger partial charge in [0.1, 0.15) is 0 Å². The zero-order chi connectivity index (χ0) is 19.8. The van der Waals surface area contributed by atoms with Gasteiger partial charge in [-0.05, 0) is 48.2 Å². The second-order valence-corrected chi connectivity index (χ2v) is 8.13. The third kappa shape index (κ3) is 3.37. The standard InChI is InChI=1S/C24H22N4O/c25-11-17-3-1-4-18(9-17)13-27-14-19-10-21(16-27)23-7-6-22(24(29)28(23)15-19)20-5-2-8-26-12-20/h1-9,12,19,21H,10,13-16H2/t19-,21+/m0/s1. The highest BCUT2D eigenvalue weighted by molar-refractivity contribution is 5.61. The molecule has 0 N–H and O–H groups in total. The predicted molar refractivity (Wildman–Crippen MR) is 111 cm³/mol. The molecule has 2 aromatic heterocycles. The predicted octanol–water partition coefficient (Wildman–Crippen LogP) is 3.40. The van der Waals surface area contributed by atoms with Crippen molar-refractivity contribution in [2.24, 2.45) is 5.92 Å². The number of rotatable bonds is 3. The molecular formula is C24H22N4O. The molecule has 0 unspecified atom stereocenters. The molecular weight excluding hydrogens is 360 g/mol. The molecule has 5 nitrogen and oxygen atoms in total. The zero-order valence-electron chi connectivity index (χ0n) is 16.2. The molecule has 29 heavy (non-hydrogen) atoms. The Morgan fingerprint density at radius 1 is 1.10 bits per heavy atom. The van der Waals surface area contributed by atoms with Crippen molar-refractivity contribution in [3.8, 4) is 17.2 Å². The molecule has 5 rings (SSSR count). The van der Waals surface area contributed by atoms with Crippen LogP contribution in [0.3, 0.4) is 0 Å². The highest BCUT2D eigenvalue weighted by atomic mass is 16.1. The summed E-state index contributed by atoms with van der Waals surface area (Å²) in [7, 11) is 0. The van der Waals surface area contributed by atoms with Crippen molar-refractivity contribution in [2.75, 3.05) is 13.1 Å². The highest BCUT2D eigenvalue weighted by Crippen LogP contribution is 2.36. The number of hydrogen-bond acceptors (Lipinski definition) is 4. The molecule has 0 saturated carbocycles. The fourth-order valence-corrected chi connectivity index (χ4v) is 4.91. The van der Waals surface area contributed by atoms with Crippen LogP contribution in [0.1, 0.15) is 29.2 Å². The molecule has 144 valence electrons. The largest absolute Gasteiger partial charge is 0.311 e. The van der Waals surface area contributed by atoms with E-state index in [-0.39, 0.29) is 5.56 Å². The summed E-state index contributed by atoms with van der Waals surface area (Å²) in [6.45, 7) is 3.54. The second-order valence-electron chi connectivity index (χ2n) is 8.13. The maximum atomic E-state index is 13.2. The van der Waals surface area contributed by atoms with Crippen molar-refractivity contribution in [1.82, 2.24) is 14.5 Å². The topological polar surface area (TPSA) is 61.9 Å². The van der Waals surface area contributed by atoms with Crippen LogP contribution in [0, 0.1) is 17.2 Å². The van der Waals surface area contributed by atoms with E-state index in [2.05, 4.69) is 28.1 Å². The molecule has 0 spiro atoms. The molecule has 2 atom stereocenters. The minimum Gasteiger partial charge on any atom is -0.311 e. The van der Waals surface area contributed by atoms with E-state index >= 15 is 0 Å². The molecule has 0 radical (unpaired) electrons. The van der Waals surface area contributed by atoms with Crippen molar-refractivity contribution in [3.63, 3.8) is 0 Å². The number of aromatic nitrogens is 2. The molecule has 1 saturated heterocycles. The molecule has 1 fully saturated rings. The van der Waals surface area contributed by atoms with Gasteiger partial charge in [0, 0.05) is 61.3 Å². The maximum absolute atomic E-state index is 13.2. The van der Waals surface area contributed by atoms with Crippen molar-refractivity contribution < 1.29 is 0 Å². The lowest BCUT2D eigenvalue weighted by Gasteiger charge is -2.43. The first kappa shape index (κ1) is 17.8. The average molecular weight is 382 g/mol. The average Bonchev–Trinajstić information content (AvgIpc) is 2.75. The van der Waals surface area contributed by atoms with Gasteiger partial charge >= 0.3 is 0 Å². The lowest BCUT2D eigenvalue weighted by molar-refractivity contribution is 0.114. The minimum atomic E-state index is 0.0976. The van der Waals surface area contributed by atoms with Crippen molar-refractivity contribution in [1.29, 1.82) is 5.26 Å². The van der Waals surface area contributed by atoms with E-state index in [0.29, 0.717) is 17.4 Å². The molecule has 0 amide bonds. The van der Waals surface area contributed by atoms with Crippen LogP contribution in [0.4, 0.5) is 0 Å². The first-order valence-electron chi connectivity index (χ1n) is 10.1. The molecule has 0 aliphatic carbocycles. The van der Waals surface area contributed by atoms with Crippen LogP contribution in [0.2, 0.25) is 0 Å². The summed E-state index contributed by atoms with van der Waals surface area (Å²) in [4.78, 5) is 19.8. The number of nitriles is 1. The minimum absolute atomic E-state index is 0.0976. The number of likely N-dealkylation sites (tertiary alicyclic amines) is 1. The van der Waals surface area contributed by atoms with Crippen molar-refractivity contribution >= 4 is 0 Å². The van der Waals surface area contributed by atoms with Gasteiger partial charge in [0.2, 0.25) is 0 Å². The number of pyridine rings is 2. The quantitative estimate of drug-likeness (QED) is 0.697. The Kier molecular flexibility index (Phi) is 4.49. The molecule has 4 heterocycles. The fourth-order valence-electron chi connectivity index (χ4n) is 4.91. The van der Waals surface area contributed by atoms with Crippen molar-refractivity contribution in [2.45, 2.75) is 25.4 Å². The van der Waals surface area contributed by atoms with E-state index in [0.717, 1.165) is 49.4 Å². The van der Waals surface area contributed by atoms with Crippen LogP contribution in [0.25, 0.3) is 11.1 Å². The van der Waals surface area contributed by atoms with Crippen LogP contribution in [-0.4, -0.2) is 27.5 Å². The molecule has 1 aromatic carbocycles. The lowest BCUT2D eigenvalue weighted by Crippen LogP contribution is -2.46. The number of piperidine rings is 1. The Bertz CT molecular complexity index is 1150. The SMILES string of the molecule is N#Cc1cccc(CN2C[C@@H]3C[C@H](C2)c2ccc(-c4cccnc4)c(=O)n2C3)c1. The Labute approximate surface area is 169 Å². The van der Waals surface area contributed by atoms with Gasteiger partial charge in [0.05, 0.1) is 11.6 Å². The summed E-state index contributed by atoms with van der Waals surface area (Å²) in [6.07, 6.45) is 4.62. The first-order chi connectivity index (χ1) is 14.2. The number of fused-ring (bicyclic) bond motifs is 4. The normalized spacial score (nSPS) is 20.7. The van der Waals surface area contributed by atoms with E-state index < -0.39 is 0 Å². The van der Waals surface area contributed by atoms with Gasteiger partial charge in [-0.25, -0.2) is 0 Å². The summed E-state index contributed by atoms with van der Waals surface area (Å²) >= 11 is 0. The summed E-state index contributed by atoms with van der Waals surface area (Å²) in [5.74, 6) is 0.847. The van der Waals surface area contributed by atoms with Gasteiger partial charge in [0.15, 0.2) is 0 Å². The Balaban J connectivity index is 1.42. The zero-order valence-corrected chi connectivity index (χ0v) is 16.2. The Morgan fingerprint density at radius 3 is 2.86 bits per heavy atom. The lowest BCUT2D eigenvalue weighted by atomic mass is 9.82. The molecule has 2 aliphatic heterocycles. The third-order valence-corrected chi connectivity index (χ3v) is 6.11. The second kappa shape index (κ2) is 7.31. The molecule has 2 bridgehead atoms. The summed E-state index contributed by atoms with van der Waals surface area (Å²) in [6, 6.07) is 18.0. The molecule has 5 heteroatoms. The monoisotopic (exact) mass is 382 g/mol. The van der Waals surface area contributed by atoms with E-state index in [1.807, 2.05) is 41.0 Å². The van der Waals surface area contributed by atoms with Crippen LogP contribution in [0.5, 0.6) is 0 Å². The number of hydrogen-bond donors (Lipinski definition) is 0. The Morgan fingerprint density at radius 2 is 2.03 bits per heavy atom. The first-order valence-corrected chi connectivity index (χ1v) is 10.1. The summed E-state index contributed by atoms with van der Waals surface area (Å²) in [5, 5.41) is 9.14. The van der Waals surface area contributed by atoms with Crippen LogP contribution >= 0.6 is 0 Å². The van der Waals surface area contributed by atoms with Crippen molar-refractivity contribution in [3.05, 3.63) is 88.1 Å². The van der Waals surface area contributed by atoms with Gasteiger partial charge in [-0.15, -0.1) is 0 Å². The fraction of sp³-hybridized carbons (Fsp3) is 0.292. The number of nitrogens with zero attached hydrogens (tertiary/aromatic N) is 4. The molecule has 2 aliphatic rings. The van der Waals surface area contributed by atoms with E-state index in [9.17, 15) is 4.79 Å². The van der Waals surface area contributed by atoms with Crippen LogP contribution in [0.15, 0.2) is 65.7 Å². The van der Waals surface area contributed by atoms with Gasteiger partial charge in [-0.1, -0.05) is 18.2 Å². The summed E-state index contributed by atoms with van der Waals surface area (Å²) in [5.41, 5.74) is 4.73. The van der Waals surface area contributed by atoms with E-state index in [1.165, 1.54) is 5.56 Å². The highest BCUT2D eigenvalue weighted by Gasteiger charge is 2.35. The number of benzene rings is 1. The van der Waals surface area contributed by atoms with Gasteiger partial charge in [0.25, 0.3) is 5.56 Å². The maximum Gasteiger partial charge on any atom is 0.258 e. The van der Waals surface area contributed by atoms with Gasteiger partial charge in [-0.3, -0.25) is 14.7 Å². The van der Waals surface area contributed by atoms with Crippen LogP contribution in [-0.2, 0) is 13.1 Å². The van der Waals surface area contributed by atoms with E-state index in [1.54, 1.807) is 12.4 Å². The third-order valence-electron chi connectivity index (χ3n) is 6.11. The Hall–Kier alpha value is -3.23. The summed E-state index contributed by atoms with van der Waals surface area (Å²) < 4.78 is 1.99. The van der Waals surface area contributed by atoms with Gasteiger partial charge < -0.3 is 4.57 Å². The van der Waals surface area contributed by atoms with Gasteiger partial charge in [-0.2, -0.15) is 5.26 Å². The van der Waals surface area contributed by atoms with E-state index in [4.69, 9.17) is 5.26 Å².